The van der Waals surface area contributed by atoms with Gasteiger partial charge in [0.25, 0.3) is 5.56 Å². The molecule has 2 aromatic rings. The van der Waals surface area contributed by atoms with E-state index in [1.165, 1.54) is 6.07 Å². The van der Waals surface area contributed by atoms with Gasteiger partial charge in [0.1, 0.15) is 18.1 Å². The van der Waals surface area contributed by atoms with Gasteiger partial charge in [0.15, 0.2) is 0 Å². The second kappa shape index (κ2) is 6.77. The van der Waals surface area contributed by atoms with Gasteiger partial charge < -0.3 is 19.8 Å². The van der Waals surface area contributed by atoms with Crippen molar-refractivity contribution in [3.8, 4) is 11.5 Å². The smallest absolute Gasteiger partial charge is 0.250 e. The Balaban J connectivity index is 2.01. The molecule has 0 aliphatic heterocycles. The van der Waals surface area contributed by atoms with Gasteiger partial charge in [-0.15, -0.1) is 0 Å². The number of nitrogens with zero attached hydrogens (tertiary/aromatic N) is 1. The van der Waals surface area contributed by atoms with Crippen LogP contribution in [0.2, 0.25) is 0 Å². The van der Waals surface area contributed by atoms with Crippen molar-refractivity contribution in [1.82, 2.24) is 4.57 Å². The number of nitrogens with two attached hydrogens (primary N) is 1. The number of ether oxygens (including phenoxy) is 2. The third kappa shape index (κ3) is 3.39. The predicted molar refractivity (Wildman–Crippen MR) is 77.1 cm³/mol. The fourth-order valence-corrected chi connectivity index (χ4v) is 1.88. The average Bonchev–Trinajstić information content (AvgIpc) is 2.49. The highest BCUT2D eigenvalue weighted by Gasteiger charge is 2.04. The molecule has 0 spiro atoms. The number of benzene rings is 1. The Morgan fingerprint density at radius 2 is 2.10 bits per heavy atom. The second-order valence-electron chi connectivity index (χ2n) is 4.26. The Kier molecular flexibility index (Phi) is 4.79. The number of rotatable bonds is 6. The maximum atomic E-state index is 11.5. The van der Waals surface area contributed by atoms with Crippen LogP contribution in [0.4, 0.5) is 0 Å². The molecule has 5 nitrogen and oxygen atoms in total. The molecule has 5 heteroatoms. The third-order valence-corrected chi connectivity index (χ3v) is 2.98. The lowest BCUT2D eigenvalue weighted by atomic mass is 10.2. The lowest BCUT2D eigenvalue weighted by Gasteiger charge is -2.12. The largest absolute Gasteiger partial charge is 0.497 e. The molecule has 0 aliphatic carbocycles. The molecule has 0 radical (unpaired) electrons. The molecule has 1 aromatic carbocycles. The Morgan fingerprint density at radius 1 is 1.25 bits per heavy atom. The zero-order chi connectivity index (χ0) is 14.4. The standard InChI is InChI=1S/C15H18N2O3/c1-19-13-5-6-14(12(10-13)11-16)20-9-8-17-7-3-2-4-15(17)18/h2-7,10H,8-9,11,16H2,1H3. The molecule has 0 amide bonds. The summed E-state index contributed by atoms with van der Waals surface area (Å²) in [6.45, 7) is 1.27. The van der Waals surface area contributed by atoms with E-state index in [1.807, 2.05) is 24.3 Å². The Morgan fingerprint density at radius 3 is 2.80 bits per heavy atom. The minimum absolute atomic E-state index is 0.0371. The highest BCUT2D eigenvalue weighted by atomic mass is 16.5. The number of hydrogen-bond donors (Lipinski definition) is 1. The first kappa shape index (κ1) is 14.1. The van der Waals surface area contributed by atoms with Crippen LogP contribution in [0.25, 0.3) is 0 Å². The van der Waals surface area contributed by atoms with Crippen molar-refractivity contribution in [3.63, 3.8) is 0 Å². The van der Waals surface area contributed by atoms with Crippen LogP contribution in [0.3, 0.4) is 0 Å². The molecular formula is C15H18N2O3. The van der Waals surface area contributed by atoms with Gasteiger partial charge in [-0.05, 0) is 24.3 Å². The number of pyridine rings is 1. The molecule has 20 heavy (non-hydrogen) atoms. The molecule has 1 heterocycles. The molecule has 106 valence electrons. The monoisotopic (exact) mass is 274 g/mol. The number of methoxy groups -OCH3 is 1. The lowest BCUT2D eigenvalue weighted by molar-refractivity contribution is 0.293. The fourth-order valence-electron chi connectivity index (χ4n) is 1.88. The van der Waals surface area contributed by atoms with E-state index in [9.17, 15) is 4.79 Å². The summed E-state index contributed by atoms with van der Waals surface area (Å²) in [5.74, 6) is 1.47. The minimum atomic E-state index is -0.0371. The maximum Gasteiger partial charge on any atom is 0.250 e. The molecule has 1 aromatic heterocycles. The van der Waals surface area contributed by atoms with Gasteiger partial charge in [-0.25, -0.2) is 0 Å². The summed E-state index contributed by atoms with van der Waals surface area (Å²) in [7, 11) is 1.61. The van der Waals surface area contributed by atoms with E-state index < -0.39 is 0 Å². The predicted octanol–water partition coefficient (Wildman–Crippen LogP) is 1.39. The number of aromatic nitrogens is 1. The third-order valence-electron chi connectivity index (χ3n) is 2.98. The molecule has 0 fully saturated rings. The average molecular weight is 274 g/mol. The highest BCUT2D eigenvalue weighted by Crippen LogP contribution is 2.23. The van der Waals surface area contributed by atoms with Gasteiger partial charge in [0.05, 0.1) is 13.7 Å². The quantitative estimate of drug-likeness (QED) is 0.864. The minimum Gasteiger partial charge on any atom is -0.497 e. The van der Waals surface area contributed by atoms with Crippen LogP contribution in [0, 0.1) is 0 Å². The van der Waals surface area contributed by atoms with Gasteiger partial charge in [0, 0.05) is 24.4 Å². The van der Waals surface area contributed by atoms with Gasteiger partial charge in [-0.2, -0.15) is 0 Å². The zero-order valence-corrected chi connectivity index (χ0v) is 11.4. The van der Waals surface area contributed by atoms with Crippen LogP contribution >= 0.6 is 0 Å². The summed E-state index contributed by atoms with van der Waals surface area (Å²) in [5.41, 5.74) is 6.53. The van der Waals surface area contributed by atoms with Gasteiger partial charge in [0.2, 0.25) is 0 Å². The molecule has 0 saturated carbocycles. The van der Waals surface area contributed by atoms with Gasteiger partial charge in [-0.1, -0.05) is 6.07 Å². The van der Waals surface area contributed by atoms with E-state index in [0.717, 1.165) is 17.1 Å². The van der Waals surface area contributed by atoms with Crippen molar-refractivity contribution >= 4 is 0 Å². The van der Waals surface area contributed by atoms with Crippen molar-refractivity contribution < 1.29 is 9.47 Å². The van der Waals surface area contributed by atoms with Crippen LogP contribution in [0.1, 0.15) is 5.56 Å². The van der Waals surface area contributed by atoms with Crippen molar-refractivity contribution in [3.05, 3.63) is 58.5 Å². The van der Waals surface area contributed by atoms with E-state index in [4.69, 9.17) is 15.2 Å². The maximum absolute atomic E-state index is 11.5. The SMILES string of the molecule is COc1ccc(OCCn2ccccc2=O)c(CN)c1. The lowest BCUT2D eigenvalue weighted by Crippen LogP contribution is -2.21. The van der Waals surface area contributed by atoms with Crippen LogP contribution < -0.4 is 20.8 Å². The number of hydrogen-bond acceptors (Lipinski definition) is 4. The van der Waals surface area contributed by atoms with Crippen LogP contribution in [-0.4, -0.2) is 18.3 Å². The fraction of sp³-hybridized carbons (Fsp3) is 0.267. The summed E-state index contributed by atoms with van der Waals surface area (Å²) in [4.78, 5) is 11.5. The summed E-state index contributed by atoms with van der Waals surface area (Å²) in [6.07, 6.45) is 1.74. The van der Waals surface area contributed by atoms with Gasteiger partial charge >= 0.3 is 0 Å². The first-order chi connectivity index (χ1) is 9.74. The van der Waals surface area contributed by atoms with Crippen molar-refractivity contribution in [2.75, 3.05) is 13.7 Å². The van der Waals surface area contributed by atoms with Crippen LogP contribution in [0.15, 0.2) is 47.4 Å². The first-order valence-electron chi connectivity index (χ1n) is 6.40. The Bertz CT molecular complexity index is 623. The topological polar surface area (TPSA) is 66.5 Å². The molecule has 2 N–H and O–H groups in total. The molecule has 2 rings (SSSR count). The van der Waals surface area contributed by atoms with Crippen molar-refractivity contribution in [2.45, 2.75) is 13.1 Å². The zero-order valence-electron chi connectivity index (χ0n) is 11.4. The molecule has 0 atom stereocenters. The molecule has 0 saturated heterocycles. The van der Waals surface area contributed by atoms with Gasteiger partial charge in [-0.3, -0.25) is 4.79 Å². The summed E-state index contributed by atoms with van der Waals surface area (Å²) >= 11 is 0. The van der Waals surface area contributed by atoms with E-state index >= 15 is 0 Å². The van der Waals surface area contributed by atoms with Crippen LogP contribution in [-0.2, 0) is 13.1 Å². The molecular weight excluding hydrogens is 256 g/mol. The summed E-state index contributed by atoms with van der Waals surface area (Å²) in [5, 5.41) is 0. The molecule has 0 unspecified atom stereocenters. The molecule has 0 bridgehead atoms. The first-order valence-corrected chi connectivity index (χ1v) is 6.40. The highest BCUT2D eigenvalue weighted by molar-refractivity contribution is 5.40. The second-order valence-corrected chi connectivity index (χ2v) is 4.26. The van der Waals surface area contributed by atoms with E-state index in [0.29, 0.717) is 19.7 Å². The van der Waals surface area contributed by atoms with E-state index in [2.05, 4.69) is 0 Å². The normalized spacial score (nSPS) is 10.3. The molecule has 0 aliphatic rings. The van der Waals surface area contributed by atoms with E-state index in [1.54, 1.807) is 23.9 Å². The van der Waals surface area contributed by atoms with Crippen LogP contribution in [0.5, 0.6) is 11.5 Å². The Labute approximate surface area is 117 Å². The van der Waals surface area contributed by atoms with E-state index in [-0.39, 0.29) is 5.56 Å². The van der Waals surface area contributed by atoms with Crippen molar-refractivity contribution in [1.29, 1.82) is 0 Å². The summed E-state index contributed by atoms with van der Waals surface area (Å²) < 4.78 is 12.4. The summed E-state index contributed by atoms with van der Waals surface area (Å²) in [6, 6.07) is 10.6. The van der Waals surface area contributed by atoms with Crippen molar-refractivity contribution in [2.24, 2.45) is 5.73 Å². The Hall–Kier alpha value is -2.27.